The zero-order valence-electron chi connectivity index (χ0n) is 15.7. The molecule has 0 radical (unpaired) electrons. The molecule has 140 valence electrons. The van der Waals surface area contributed by atoms with Crippen LogP contribution in [0.25, 0.3) is 0 Å². The molecular formula is C19H25N3O4. The molecule has 3 heterocycles. The second kappa shape index (κ2) is 5.79. The predicted octanol–water partition coefficient (Wildman–Crippen LogP) is 2.23. The maximum absolute atomic E-state index is 12.4. The normalized spacial score (nSPS) is 21.8. The highest BCUT2D eigenvalue weighted by molar-refractivity contribution is 5.96. The Bertz CT molecular complexity index is 771. The highest BCUT2D eigenvalue weighted by Gasteiger charge is 2.38. The zero-order chi connectivity index (χ0) is 18.6. The summed E-state index contributed by atoms with van der Waals surface area (Å²) in [7, 11) is 2.02. The van der Waals surface area contributed by atoms with Crippen LogP contribution in [0.5, 0.6) is 0 Å². The number of amides is 1. The third kappa shape index (κ3) is 2.85. The average molecular weight is 359 g/mol. The van der Waals surface area contributed by atoms with Crippen molar-refractivity contribution in [2.24, 2.45) is 0 Å². The summed E-state index contributed by atoms with van der Waals surface area (Å²) in [6.45, 7) is 8.79. The van der Waals surface area contributed by atoms with Crippen molar-refractivity contribution in [1.82, 2.24) is 4.90 Å². The molecule has 0 aliphatic carbocycles. The number of rotatable bonds is 0. The molecule has 0 spiro atoms. The van der Waals surface area contributed by atoms with Gasteiger partial charge in [0, 0.05) is 38.8 Å². The highest BCUT2D eigenvalue weighted by Crippen LogP contribution is 2.40. The first-order chi connectivity index (χ1) is 12.2. The van der Waals surface area contributed by atoms with Crippen LogP contribution < -0.4 is 9.80 Å². The highest BCUT2D eigenvalue weighted by atomic mass is 16.6. The molecule has 1 aromatic carbocycles. The van der Waals surface area contributed by atoms with Gasteiger partial charge in [-0.05, 0) is 32.9 Å². The minimum absolute atomic E-state index is 0.199. The topological polar surface area (TPSA) is 62.3 Å². The van der Waals surface area contributed by atoms with Crippen LogP contribution in [0.4, 0.5) is 16.2 Å². The molecule has 0 unspecified atom stereocenters. The van der Waals surface area contributed by atoms with E-state index < -0.39 is 5.60 Å². The maximum Gasteiger partial charge on any atom is 0.410 e. The van der Waals surface area contributed by atoms with Crippen LogP contribution in [0.3, 0.4) is 0 Å². The number of hydrogen-bond acceptors (Lipinski definition) is 6. The summed E-state index contributed by atoms with van der Waals surface area (Å²) in [5.74, 6) is -0.243. The van der Waals surface area contributed by atoms with Gasteiger partial charge in [0.05, 0.1) is 23.0 Å². The molecule has 3 aliphatic rings. The molecular weight excluding hydrogens is 334 g/mol. The van der Waals surface area contributed by atoms with E-state index >= 15 is 0 Å². The molecule has 0 aromatic heterocycles. The number of carbonyl (C=O) groups excluding carboxylic acids is 2. The standard InChI is InChI=1S/C19H25N3O4/c1-19(2,3)26-18(24)21-5-6-22-13(10-21)9-20(4)15-8-14-12(7-16(15)22)11-25-17(14)23/h7-8,13H,5-6,9-11H2,1-4H3/t13-/m1/s1. The van der Waals surface area contributed by atoms with Gasteiger partial charge in [-0.1, -0.05) is 0 Å². The van der Waals surface area contributed by atoms with Gasteiger partial charge in [-0.25, -0.2) is 9.59 Å². The first-order valence-electron chi connectivity index (χ1n) is 9.03. The lowest BCUT2D eigenvalue weighted by Crippen LogP contribution is -2.60. The largest absolute Gasteiger partial charge is 0.457 e. The quantitative estimate of drug-likeness (QED) is 0.662. The molecule has 3 aliphatic heterocycles. The number of esters is 1. The van der Waals surface area contributed by atoms with Crippen molar-refractivity contribution in [3.8, 4) is 0 Å². The van der Waals surface area contributed by atoms with E-state index in [0.717, 1.165) is 30.0 Å². The Morgan fingerprint density at radius 2 is 1.96 bits per heavy atom. The summed E-state index contributed by atoms with van der Waals surface area (Å²) in [5, 5.41) is 0. The van der Waals surface area contributed by atoms with Gasteiger partial charge < -0.3 is 24.2 Å². The molecule has 7 heteroatoms. The van der Waals surface area contributed by atoms with E-state index in [1.807, 2.05) is 33.9 Å². The fraction of sp³-hybridized carbons (Fsp3) is 0.579. The van der Waals surface area contributed by atoms with E-state index in [4.69, 9.17) is 9.47 Å². The Hall–Kier alpha value is -2.44. The van der Waals surface area contributed by atoms with Gasteiger partial charge in [-0.2, -0.15) is 0 Å². The summed E-state index contributed by atoms with van der Waals surface area (Å²) >= 11 is 0. The monoisotopic (exact) mass is 359 g/mol. The molecule has 7 nitrogen and oxygen atoms in total. The number of ether oxygens (including phenoxy) is 2. The zero-order valence-corrected chi connectivity index (χ0v) is 15.7. The van der Waals surface area contributed by atoms with Gasteiger partial charge in [-0.15, -0.1) is 0 Å². The summed E-state index contributed by atoms with van der Waals surface area (Å²) in [5.41, 5.74) is 3.28. The average Bonchev–Trinajstić information content (AvgIpc) is 2.92. The lowest BCUT2D eigenvalue weighted by molar-refractivity contribution is 0.0215. The van der Waals surface area contributed by atoms with Crippen molar-refractivity contribution in [3.05, 3.63) is 23.3 Å². The molecule has 1 aromatic rings. The number of benzene rings is 1. The molecule has 26 heavy (non-hydrogen) atoms. The van der Waals surface area contributed by atoms with Gasteiger partial charge >= 0.3 is 12.1 Å². The minimum atomic E-state index is -0.489. The van der Waals surface area contributed by atoms with Gasteiger partial charge in [0.1, 0.15) is 12.2 Å². The Morgan fingerprint density at radius 1 is 1.19 bits per heavy atom. The SMILES string of the molecule is CN1C[C@@H]2CN(C(=O)OC(C)(C)C)CCN2c2cc3c(cc21)C(=O)OC3. The summed E-state index contributed by atoms with van der Waals surface area (Å²) in [6, 6.07) is 4.21. The van der Waals surface area contributed by atoms with Crippen LogP contribution in [0, 0.1) is 0 Å². The Morgan fingerprint density at radius 3 is 2.69 bits per heavy atom. The first kappa shape index (κ1) is 17.0. The molecule has 1 fully saturated rings. The third-order valence-corrected chi connectivity index (χ3v) is 5.12. The van der Waals surface area contributed by atoms with Crippen LogP contribution in [0.15, 0.2) is 12.1 Å². The number of hydrogen-bond donors (Lipinski definition) is 0. The van der Waals surface area contributed by atoms with Crippen molar-refractivity contribution in [2.75, 3.05) is 43.0 Å². The van der Waals surface area contributed by atoms with Crippen molar-refractivity contribution < 1.29 is 19.1 Å². The number of carbonyl (C=O) groups is 2. The van der Waals surface area contributed by atoms with Crippen molar-refractivity contribution in [1.29, 1.82) is 0 Å². The number of cyclic esters (lactones) is 1. The van der Waals surface area contributed by atoms with E-state index in [0.29, 0.717) is 25.3 Å². The van der Waals surface area contributed by atoms with Gasteiger partial charge in [0.15, 0.2) is 0 Å². The predicted molar refractivity (Wildman–Crippen MR) is 97.8 cm³/mol. The lowest BCUT2D eigenvalue weighted by Gasteiger charge is -2.48. The molecule has 4 rings (SSSR count). The second-order valence-corrected chi connectivity index (χ2v) is 8.23. The van der Waals surface area contributed by atoms with Crippen LogP contribution in [0.1, 0.15) is 36.7 Å². The molecule has 0 bridgehead atoms. The molecule has 1 saturated heterocycles. The lowest BCUT2D eigenvalue weighted by atomic mass is 10.00. The van der Waals surface area contributed by atoms with E-state index in [9.17, 15) is 9.59 Å². The number of fused-ring (bicyclic) bond motifs is 4. The number of nitrogens with zero attached hydrogens (tertiary/aromatic N) is 3. The Labute approximate surface area is 153 Å². The van der Waals surface area contributed by atoms with Crippen molar-refractivity contribution in [3.63, 3.8) is 0 Å². The van der Waals surface area contributed by atoms with Gasteiger partial charge in [-0.3, -0.25) is 0 Å². The number of anilines is 2. The van der Waals surface area contributed by atoms with Crippen LogP contribution in [0.2, 0.25) is 0 Å². The van der Waals surface area contributed by atoms with E-state index in [2.05, 4.69) is 15.9 Å². The van der Waals surface area contributed by atoms with Gasteiger partial charge in [0.25, 0.3) is 0 Å². The number of piperazine rings is 1. The van der Waals surface area contributed by atoms with Crippen LogP contribution in [-0.4, -0.2) is 61.8 Å². The summed E-state index contributed by atoms with van der Waals surface area (Å²) < 4.78 is 10.7. The third-order valence-electron chi connectivity index (χ3n) is 5.12. The Kier molecular flexibility index (Phi) is 3.78. The molecule has 1 amide bonds. The first-order valence-corrected chi connectivity index (χ1v) is 9.03. The van der Waals surface area contributed by atoms with E-state index in [1.54, 1.807) is 4.90 Å². The van der Waals surface area contributed by atoms with E-state index in [-0.39, 0.29) is 18.1 Å². The molecule has 0 saturated carbocycles. The molecule has 1 atom stereocenters. The summed E-state index contributed by atoms with van der Waals surface area (Å²) in [4.78, 5) is 30.6. The maximum atomic E-state index is 12.4. The van der Waals surface area contributed by atoms with Gasteiger partial charge in [0.2, 0.25) is 0 Å². The number of likely N-dealkylation sites (N-methyl/N-ethyl adjacent to an activating group) is 1. The fourth-order valence-corrected chi connectivity index (χ4v) is 3.92. The molecule has 0 N–H and O–H groups in total. The Balaban J connectivity index is 1.58. The van der Waals surface area contributed by atoms with Crippen LogP contribution in [-0.2, 0) is 16.1 Å². The minimum Gasteiger partial charge on any atom is -0.457 e. The second-order valence-electron chi connectivity index (χ2n) is 8.23. The van der Waals surface area contributed by atoms with Crippen molar-refractivity contribution in [2.45, 2.75) is 39.0 Å². The van der Waals surface area contributed by atoms with E-state index in [1.165, 1.54) is 0 Å². The summed E-state index contributed by atoms with van der Waals surface area (Å²) in [6.07, 6.45) is -0.251. The van der Waals surface area contributed by atoms with Crippen molar-refractivity contribution >= 4 is 23.4 Å². The fourth-order valence-electron chi connectivity index (χ4n) is 3.92. The smallest absolute Gasteiger partial charge is 0.410 e. The van der Waals surface area contributed by atoms with Crippen LogP contribution >= 0.6 is 0 Å².